The van der Waals surface area contributed by atoms with Crippen LogP contribution < -0.4 is 4.90 Å². The molecule has 0 radical (unpaired) electrons. The molecule has 1 aromatic rings. The van der Waals surface area contributed by atoms with E-state index in [0.717, 1.165) is 0 Å². The van der Waals surface area contributed by atoms with Crippen LogP contribution in [-0.2, 0) is 4.79 Å². The first-order valence-electron chi connectivity index (χ1n) is 5.49. The summed E-state index contributed by atoms with van der Waals surface area (Å²) in [6, 6.07) is 6.70. The van der Waals surface area contributed by atoms with Crippen LogP contribution in [0.2, 0.25) is 0 Å². The summed E-state index contributed by atoms with van der Waals surface area (Å²) >= 11 is 1.62. The summed E-state index contributed by atoms with van der Waals surface area (Å²) in [4.78, 5) is 13.5. The maximum absolute atomic E-state index is 11.9. The highest BCUT2D eigenvalue weighted by atomic mass is 32.2. The van der Waals surface area contributed by atoms with Crippen molar-refractivity contribution >= 4 is 23.4 Å². The van der Waals surface area contributed by atoms with Gasteiger partial charge in [-0.1, -0.05) is 26.8 Å². The molecule has 0 heterocycles. The van der Waals surface area contributed by atoms with Gasteiger partial charge in [-0.15, -0.1) is 11.8 Å². The summed E-state index contributed by atoms with van der Waals surface area (Å²) < 4.78 is 0.0787. The molecule has 0 saturated heterocycles. The van der Waals surface area contributed by atoms with Crippen LogP contribution in [0.3, 0.4) is 0 Å². The quantitative estimate of drug-likeness (QED) is 0.900. The molecule has 94 valence electrons. The first kappa shape index (κ1) is 13.9. The lowest BCUT2D eigenvalue weighted by atomic mass is 10.3. The second-order valence-electron chi connectivity index (χ2n) is 4.87. The molecule has 0 fully saturated rings. The lowest BCUT2D eigenvalue weighted by molar-refractivity contribution is -0.115. The molecule has 0 spiro atoms. The number of aromatic hydroxyl groups is 1. The Morgan fingerprint density at radius 3 is 2.59 bits per heavy atom. The highest BCUT2D eigenvalue weighted by molar-refractivity contribution is 8.01. The van der Waals surface area contributed by atoms with Crippen LogP contribution in [0.1, 0.15) is 20.8 Å². The van der Waals surface area contributed by atoms with E-state index in [0.29, 0.717) is 11.4 Å². The molecule has 0 bridgehead atoms. The lowest BCUT2D eigenvalue weighted by Crippen LogP contribution is -2.29. The number of nitrogens with zero attached hydrogens (tertiary/aromatic N) is 1. The second kappa shape index (κ2) is 5.45. The van der Waals surface area contributed by atoms with Gasteiger partial charge in [0.25, 0.3) is 0 Å². The molecular weight excluding hydrogens is 234 g/mol. The van der Waals surface area contributed by atoms with Gasteiger partial charge in [0.1, 0.15) is 5.75 Å². The van der Waals surface area contributed by atoms with Gasteiger partial charge in [-0.05, 0) is 12.1 Å². The molecule has 0 unspecified atom stereocenters. The van der Waals surface area contributed by atoms with Crippen molar-refractivity contribution in [3.8, 4) is 5.75 Å². The van der Waals surface area contributed by atoms with E-state index in [-0.39, 0.29) is 16.4 Å². The van der Waals surface area contributed by atoms with Crippen LogP contribution in [0.5, 0.6) is 5.75 Å². The minimum absolute atomic E-state index is 0.0375. The van der Waals surface area contributed by atoms with Crippen molar-refractivity contribution in [2.45, 2.75) is 25.5 Å². The van der Waals surface area contributed by atoms with Crippen LogP contribution in [0.15, 0.2) is 24.3 Å². The number of amides is 1. The van der Waals surface area contributed by atoms with Crippen LogP contribution in [-0.4, -0.2) is 28.6 Å². The highest BCUT2D eigenvalue weighted by Crippen LogP contribution is 2.25. The van der Waals surface area contributed by atoms with Crippen LogP contribution in [0.4, 0.5) is 5.69 Å². The molecule has 0 saturated carbocycles. The summed E-state index contributed by atoms with van der Waals surface area (Å²) in [5, 5.41) is 9.36. The Labute approximate surface area is 107 Å². The third kappa shape index (κ3) is 4.69. The molecule has 1 N–H and O–H groups in total. The van der Waals surface area contributed by atoms with Crippen molar-refractivity contribution < 1.29 is 9.90 Å². The normalized spacial score (nSPS) is 11.3. The van der Waals surface area contributed by atoms with Gasteiger partial charge in [0.05, 0.1) is 5.75 Å². The third-order valence-electron chi connectivity index (χ3n) is 2.22. The fourth-order valence-corrected chi connectivity index (χ4v) is 1.97. The van der Waals surface area contributed by atoms with Crippen LogP contribution >= 0.6 is 11.8 Å². The smallest absolute Gasteiger partial charge is 0.236 e. The molecule has 1 aromatic carbocycles. The second-order valence-corrected chi connectivity index (χ2v) is 6.68. The number of anilines is 1. The monoisotopic (exact) mass is 253 g/mol. The number of carbonyl (C=O) groups is 1. The number of benzene rings is 1. The Morgan fingerprint density at radius 2 is 2.06 bits per heavy atom. The van der Waals surface area contributed by atoms with Crippen molar-refractivity contribution in [2.75, 3.05) is 17.7 Å². The van der Waals surface area contributed by atoms with Gasteiger partial charge < -0.3 is 10.0 Å². The average molecular weight is 253 g/mol. The van der Waals surface area contributed by atoms with Crippen molar-refractivity contribution in [3.05, 3.63) is 24.3 Å². The van der Waals surface area contributed by atoms with Crippen molar-refractivity contribution in [3.63, 3.8) is 0 Å². The fraction of sp³-hybridized carbons (Fsp3) is 0.462. The molecule has 17 heavy (non-hydrogen) atoms. The Hall–Kier alpha value is -1.16. The molecule has 0 aliphatic rings. The molecule has 1 rings (SSSR count). The molecule has 0 aromatic heterocycles. The SMILES string of the molecule is CN(C(=O)CSC(C)(C)C)c1cccc(O)c1. The maximum atomic E-state index is 11.9. The van der Waals surface area contributed by atoms with E-state index in [1.165, 1.54) is 0 Å². The Kier molecular flexibility index (Phi) is 4.46. The standard InChI is InChI=1S/C13H19NO2S/c1-13(2,3)17-9-12(16)14(4)10-6-5-7-11(15)8-10/h5-8,15H,9H2,1-4H3. The largest absolute Gasteiger partial charge is 0.508 e. The number of phenols is 1. The number of carbonyl (C=O) groups excluding carboxylic acids is 1. The van der Waals surface area contributed by atoms with Gasteiger partial charge in [-0.3, -0.25) is 4.79 Å². The van der Waals surface area contributed by atoms with E-state index in [9.17, 15) is 9.90 Å². The summed E-state index contributed by atoms with van der Waals surface area (Å²) in [7, 11) is 1.72. The molecule has 4 heteroatoms. The first-order chi connectivity index (χ1) is 7.79. The number of hydrogen-bond acceptors (Lipinski definition) is 3. The van der Waals surface area contributed by atoms with Gasteiger partial charge in [0.15, 0.2) is 0 Å². The zero-order valence-electron chi connectivity index (χ0n) is 10.7. The van der Waals surface area contributed by atoms with Gasteiger partial charge in [-0.2, -0.15) is 0 Å². The fourth-order valence-electron chi connectivity index (χ4n) is 1.22. The van der Waals surface area contributed by atoms with Gasteiger partial charge in [0.2, 0.25) is 5.91 Å². The molecular formula is C13H19NO2S. The number of rotatable bonds is 3. The summed E-state index contributed by atoms with van der Waals surface area (Å²) in [6.45, 7) is 6.25. The topological polar surface area (TPSA) is 40.5 Å². The summed E-state index contributed by atoms with van der Waals surface area (Å²) in [5.41, 5.74) is 0.713. The minimum atomic E-state index is 0.0375. The number of thioether (sulfide) groups is 1. The lowest BCUT2D eigenvalue weighted by Gasteiger charge is -2.21. The van der Waals surface area contributed by atoms with Crippen molar-refractivity contribution in [1.29, 1.82) is 0 Å². The molecule has 0 atom stereocenters. The van der Waals surface area contributed by atoms with Gasteiger partial charge in [-0.25, -0.2) is 0 Å². The molecule has 3 nitrogen and oxygen atoms in total. The highest BCUT2D eigenvalue weighted by Gasteiger charge is 2.16. The van der Waals surface area contributed by atoms with E-state index in [1.54, 1.807) is 48.0 Å². The van der Waals surface area contributed by atoms with Gasteiger partial charge >= 0.3 is 0 Å². The molecule has 0 aliphatic heterocycles. The van der Waals surface area contributed by atoms with Gasteiger partial charge in [0, 0.05) is 23.5 Å². The molecule has 1 amide bonds. The predicted octanol–water partition coefficient (Wildman–Crippen LogP) is 2.89. The van der Waals surface area contributed by atoms with E-state index in [1.807, 2.05) is 0 Å². The number of phenolic OH excluding ortho intramolecular Hbond substituents is 1. The Bertz CT molecular complexity index is 399. The third-order valence-corrected chi connectivity index (χ3v) is 3.48. The summed E-state index contributed by atoms with van der Waals surface area (Å²) in [6.07, 6.45) is 0. The van der Waals surface area contributed by atoms with Crippen LogP contribution in [0, 0.1) is 0 Å². The van der Waals surface area contributed by atoms with E-state index in [2.05, 4.69) is 20.8 Å². The molecule has 0 aliphatic carbocycles. The number of hydrogen-bond donors (Lipinski definition) is 1. The predicted molar refractivity (Wildman–Crippen MR) is 73.7 cm³/mol. The first-order valence-corrected chi connectivity index (χ1v) is 6.48. The summed E-state index contributed by atoms with van der Waals surface area (Å²) in [5.74, 6) is 0.650. The zero-order valence-corrected chi connectivity index (χ0v) is 11.5. The van der Waals surface area contributed by atoms with E-state index < -0.39 is 0 Å². The average Bonchev–Trinajstić information content (AvgIpc) is 2.24. The maximum Gasteiger partial charge on any atom is 0.236 e. The Morgan fingerprint density at radius 1 is 1.41 bits per heavy atom. The zero-order chi connectivity index (χ0) is 13.1. The minimum Gasteiger partial charge on any atom is -0.508 e. The van der Waals surface area contributed by atoms with Crippen LogP contribution in [0.25, 0.3) is 0 Å². The van der Waals surface area contributed by atoms with E-state index in [4.69, 9.17) is 0 Å². The van der Waals surface area contributed by atoms with Crippen molar-refractivity contribution in [2.24, 2.45) is 0 Å². The van der Waals surface area contributed by atoms with Crippen molar-refractivity contribution in [1.82, 2.24) is 0 Å². The Balaban J connectivity index is 2.64. The van der Waals surface area contributed by atoms with E-state index >= 15 is 0 Å².